The Morgan fingerprint density at radius 2 is 1.61 bits per heavy atom. The van der Waals surface area contributed by atoms with Crippen LogP contribution in [0.15, 0.2) is 48.5 Å². The minimum absolute atomic E-state index is 0.0435. The lowest BCUT2D eigenvalue weighted by Gasteiger charge is -2.47. The number of hydrogen-bond donors (Lipinski definition) is 2. The largest absolute Gasteiger partial charge is 0.479 e. The summed E-state index contributed by atoms with van der Waals surface area (Å²) in [7, 11) is 1.53. The molecule has 2 aliphatic rings. The van der Waals surface area contributed by atoms with Gasteiger partial charge in [0.15, 0.2) is 0 Å². The highest BCUT2D eigenvalue weighted by atomic mass is 16.5. The number of fused-ring (bicyclic) bond motifs is 3. The highest BCUT2D eigenvalue weighted by Gasteiger charge is 2.52. The van der Waals surface area contributed by atoms with Gasteiger partial charge < -0.3 is 20.1 Å². The molecule has 0 unspecified atom stereocenters. The van der Waals surface area contributed by atoms with Gasteiger partial charge in [0, 0.05) is 19.5 Å². The molecule has 174 valence electrons. The highest BCUT2D eigenvalue weighted by Crippen LogP contribution is 2.44. The zero-order valence-electron chi connectivity index (χ0n) is 19.3. The molecule has 0 heterocycles. The Kier molecular flexibility index (Phi) is 5.91. The average molecular weight is 451 g/mol. The Balaban J connectivity index is 1.36. The summed E-state index contributed by atoms with van der Waals surface area (Å²) in [4.78, 5) is 38.6. The zero-order chi connectivity index (χ0) is 23.8. The van der Waals surface area contributed by atoms with Crippen molar-refractivity contribution in [2.75, 3.05) is 20.2 Å². The lowest BCUT2D eigenvalue weighted by molar-refractivity contribution is -0.167. The summed E-state index contributed by atoms with van der Waals surface area (Å²) in [5.41, 5.74) is 2.45. The SMILES string of the molecule is CN(C(=O)C(C)(C)CNC(=O)OCC1c2ccccc2-c2ccccc21)C1(C(=O)O)CCC1. The highest BCUT2D eigenvalue weighted by molar-refractivity contribution is 5.90. The van der Waals surface area contributed by atoms with Crippen molar-refractivity contribution < 1.29 is 24.2 Å². The van der Waals surface area contributed by atoms with Crippen LogP contribution in [0.2, 0.25) is 0 Å². The fourth-order valence-electron chi connectivity index (χ4n) is 4.87. The van der Waals surface area contributed by atoms with Crippen LogP contribution < -0.4 is 5.32 Å². The van der Waals surface area contributed by atoms with Crippen LogP contribution >= 0.6 is 0 Å². The van der Waals surface area contributed by atoms with E-state index in [1.165, 1.54) is 11.9 Å². The molecule has 0 spiro atoms. The molecule has 0 saturated heterocycles. The molecule has 0 atom stereocenters. The molecule has 1 fully saturated rings. The maximum absolute atomic E-state index is 13.0. The first kappa shape index (κ1) is 22.8. The number of carbonyl (C=O) groups is 3. The first-order chi connectivity index (χ1) is 15.7. The third-order valence-electron chi connectivity index (χ3n) is 7.12. The molecule has 1 saturated carbocycles. The monoisotopic (exact) mass is 450 g/mol. The number of likely N-dealkylation sites (N-methyl/N-ethyl adjacent to an activating group) is 1. The number of aliphatic carboxylic acids is 1. The summed E-state index contributed by atoms with van der Waals surface area (Å²) < 4.78 is 5.54. The minimum atomic E-state index is -1.14. The number of hydrogen-bond acceptors (Lipinski definition) is 4. The van der Waals surface area contributed by atoms with Crippen molar-refractivity contribution in [1.29, 1.82) is 0 Å². The minimum Gasteiger partial charge on any atom is -0.479 e. The second kappa shape index (κ2) is 8.54. The lowest BCUT2D eigenvalue weighted by atomic mass is 9.74. The Morgan fingerprint density at radius 3 is 2.09 bits per heavy atom. The predicted molar refractivity (Wildman–Crippen MR) is 124 cm³/mol. The Labute approximate surface area is 193 Å². The van der Waals surface area contributed by atoms with E-state index in [4.69, 9.17) is 4.74 Å². The first-order valence-electron chi connectivity index (χ1n) is 11.3. The van der Waals surface area contributed by atoms with Crippen LogP contribution in [0.25, 0.3) is 11.1 Å². The molecular formula is C26H30N2O5. The smallest absolute Gasteiger partial charge is 0.407 e. The third kappa shape index (κ3) is 3.96. The number of rotatable bonds is 7. The first-order valence-corrected chi connectivity index (χ1v) is 11.3. The fraction of sp³-hybridized carbons (Fsp3) is 0.423. The molecule has 2 amide bonds. The van der Waals surface area contributed by atoms with Gasteiger partial charge in [-0.05, 0) is 55.4 Å². The number of carboxylic acid groups (broad SMARTS) is 1. The molecule has 33 heavy (non-hydrogen) atoms. The summed E-state index contributed by atoms with van der Waals surface area (Å²) in [6, 6.07) is 16.2. The number of nitrogens with one attached hydrogen (secondary N) is 1. The van der Waals surface area contributed by atoms with Gasteiger partial charge in [0.2, 0.25) is 5.91 Å². The van der Waals surface area contributed by atoms with Gasteiger partial charge in [-0.15, -0.1) is 0 Å². The van der Waals surface area contributed by atoms with Crippen molar-refractivity contribution >= 4 is 18.0 Å². The molecule has 0 radical (unpaired) electrons. The van der Waals surface area contributed by atoms with Crippen LogP contribution in [-0.4, -0.2) is 53.7 Å². The molecule has 2 aromatic rings. The van der Waals surface area contributed by atoms with E-state index >= 15 is 0 Å². The Morgan fingerprint density at radius 1 is 1.06 bits per heavy atom. The molecule has 2 N–H and O–H groups in total. The Bertz CT molecular complexity index is 1040. The van der Waals surface area contributed by atoms with Crippen molar-refractivity contribution in [1.82, 2.24) is 10.2 Å². The van der Waals surface area contributed by atoms with Gasteiger partial charge in [0.25, 0.3) is 0 Å². The van der Waals surface area contributed by atoms with E-state index in [-0.39, 0.29) is 25.0 Å². The number of ether oxygens (including phenoxy) is 1. The van der Waals surface area contributed by atoms with Crippen LogP contribution in [0.4, 0.5) is 4.79 Å². The van der Waals surface area contributed by atoms with Crippen LogP contribution in [0.5, 0.6) is 0 Å². The van der Waals surface area contributed by atoms with Crippen LogP contribution in [0.3, 0.4) is 0 Å². The van der Waals surface area contributed by atoms with Gasteiger partial charge in [-0.25, -0.2) is 9.59 Å². The second-order valence-corrected chi connectivity index (χ2v) is 9.62. The van der Waals surface area contributed by atoms with E-state index in [1.807, 2.05) is 24.3 Å². The Hall–Kier alpha value is -3.35. The predicted octanol–water partition coefficient (Wildman–Crippen LogP) is 4.02. The molecular weight excluding hydrogens is 420 g/mol. The number of benzene rings is 2. The number of nitrogens with zero attached hydrogens (tertiary/aromatic N) is 1. The molecule has 0 aliphatic heterocycles. The van der Waals surface area contributed by atoms with E-state index in [9.17, 15) is 19.5 Å². The number of alkyl carbamates (subject to hydrolysis) is 1. The van der Waals surface area contributed by atoms with Gasteiger partial charge in [-0.1, -0.05) is 48.5 Å². The van der Waals surface area contributed by atoms with Gasteiger partial charge in [-0.2, -0.15) is 0 Å². The van der Waals surface area contributed by atoms with E-state index in [0.717, 1.165) is 28.7 Å². The van der Waals surface area contributed by atoms with Gasteiger partial charge in [0.1, 0.15) is 12.1 Å². The topological polar surface area (TPSA) is 95.9 Å². The molecule has 2 aliphatic carbocycles. The number of carbonyl (C=O) groups excluding carboxylic acids is 2. The van der Waals surface area contributed by atoms with E-state index in [0.29, 0.717) is 12.8 Å². The lowest BCUT2D eigenvalue weighted by Crippen LogP contribution is -2.62. The standard InChI is InChI=1S/C26H30N2O5/c1-25(2,22(29)28(3)26(23(30)31)13-8-14-26)16-27-24(32)33-15-21-19-11-6-4-9-17(19)18-10-5-7-12-20(18)21/h4-7,9-12,21H,8,13-16H2,1-3H3,(H,27,32)(H,30,31). The molecule has 7 heteroatoms. The summed E-state index contributed by atoms with van der Waals surface area (Å²) >= 11 is 0. The number of amides is 2. The summed E-state index contributed by atoms with van der Waals surface area (Å²) in [5.74, 6) is -1.34. The van der Waals surface area contributed by atoms with Crippen LogP contribution in [0, 0.1) is 5.41 Å². The average Bonchev–Trinajstić information content (AvgIpc) is 3.08. The normalized spacial score (nSPS) is 16.2. The van der Waals surface area contributed by atoms with Crippen molar-refractivity contribution in [3.05, 3.63) is 59.7 Å². The maximum atomic E-state index is 13.0. The second-order valence-electron chi connectivity index (χ2n) is 9.62. The molecule has 0 bridgehead atoms. The fourth-order valence-corrected chi connectivity index (χ4v) is 4.87. The maximum Gasteiger partial charge on any atom is 0.407 e. The van der Waals surface area contributed by atoms with E-state index in [2.05, 4.69) is 29.6 Å². The molecule has 0 aromatic heterocycles. The third-order valence-corrected chi connectivity index (χ3v) is 7.12. The summed E-state index contributed by atoms with van der Waals surface area (Å²) in [6.45, 7) is 3.63. The summed E-state index contributed by atoms with van der Waals surface area (Å²) in [5, 5.41) is 12.3. The summed E-state index contributed by atoms with van der Waals surface area (Å²) in [6.07, 6.45) is 1.07. The quantitative estimate of drug-likeness (QED) is 0.664. The van der Waals surface area contributed by atoms with Gasteiger partial charge >= 0.3 is 12.1 Å². The molecule has 4 rings (SSSR count). The number of carboxylic acids is 1. The van der Waals surface area contributed by atoms with Crippen molar-refractivity contribution in [2.45, 2.75) is 44.6 Å². The van der Waals surface area contributed by atoms with Crippen LogP contribution in [0.1, 0.15) is 50.2 Å². The van der Waals surface area contributed by atoms with Crippen molar-refractivity contribution in [2.24, 2.45) is 5.41 Å². The van der Waals surface area contributed by atoms with Crippen molar-refractivity contribution in [3.8, 4) is 11.1 Å². The molecule has 7 nitrogen and oxygen atoms in total. The van der Waals surface area contributed by atoms with Gasteiger partial charge in [-0.3, -0.25) is 4.79 Å². The van der Waals surface area contributed by atoms with Crippen LogP contribution in [-0.2, 0) is 14.3 Å². The zero-order valence-corrected chi connectivity index (χ0v) is 19.3. The molecule has 2 aromatic carbocycles. The van der Waals surface area contributed by atoms with Crippen molar-refractivity contribution in [3.63, 3.8) is 0 Å². The van der Waals surface area contributed by atoms with E-state index < -0.39 is 23.0 Å². The van der Waals surface area contributed by atoms with Gasteiger partial charge in [0.05, 0.1) is 5.41 Å². The van der Waals surface area contributed by atoms with E-state index in [1.54, 1.807) is 13.8 Å².